The van der Waals surface area contributed by atoms with Gasteiger partial charge < -0.3 is 24.7 Å². The van der Waals surface area contributed by atoms with Gasteiger partial charge in [0.25, 0.3) is 5.91 Å². The molecule has 0 saturated carbocycles. The lowest BCUT2D eigenvalue weighted by Gasteiger charge is -2.12. The van der Waals surface area contributed by atoms with Crippen LogP contribution in [0.5, 0.6) is 5.75 Å². The number of amides is 2. The van der Waals surface area contributed by atoms with Crippen molar-refractivity contribution in [2.75, 3.05) is 24.3 Å². The number of aryl methyl sites for hydroxylation is 1. The molecule has 2 aromatic carbocycles. The number of nitrogens with zero attached hydrogens (tertiary/aromatic N) is 3. The number of carbonyl (C=O) groups is 3. The highest BCUT2D eigenvalue weighted by Gasteiger charge is 2.28. The second kappa shape index (κ2) is 14.5. The molecule has 0 spiro atoms. The van der Waals surface area contributed by atoms with E-state index in [-0.39, 0.29) is 37.3 Å². The lowest BCUT2D eigenvalue weighted by atomic mass is 10.1. The molecular weight excluding hydrogens is 610 g/mol. The first kappa shape index (κ1) is 30.6. The Bertz CT molecular complexity index is 1590. The van der Waals surface area contributed by atoms with E-state index in [0.717, 1.165) is 35.3 Å². The van der Waals surface area contributed by atoms with Crippen LogP contribution in [0, 0.1) is 0 Å². The zero-order valence-electron chi connectivity index (χ0n) is 23.4. The Morgan fingerprint density at radius 1 is 1.05 bits per heavy atom. The number of halogens is 1. The summed E-state index contributed by atoms with van der Waals surface area (Å²) >= 11 is 8.57. The zero-order chi connectivity index (χ0) is 30.2. The molecule has 224 valence electrons. The highest BCUT2D eigenvalue weighted by atomic mass is 35.5. The Labute approximate surface area is 262 Å². The summed E-state index contributed by atoms with van der Waals surface area (Å²) in [6.07, 6.45) is 2.69. The van der Waals surface area contributed by atoms with Crippen molar-refractivity contribution in [1.29, 1.82) is 0 Å². The highest BCUT2D eigenvalue weighted by molar-refractivity contribution is 7.99. The van der Waals surface area contributed by atoms with Crippen molar-refractivity contribution in [3.63, 3.8) is 0 Å². The molecule has 2 N–H and O–H groups in total. The molecule has 2 amide bonds. The van der Waals surface area contributed by atoms with Gasteiger partial charge in [-0.2, -0.15) is 0 Å². The first-order chi connectivity index (χ1) is 20.9. The van der Waals surface area contributed by atoms with Crippen LogP contribution in [0.3, 0.4) is 0 Å². The topological polar surface area (TPSA) is 124 Å². The van der Waals surface area contributed by atoms with Gasteiger partial charge in [-0.15, -0.1) is 21.5 Å². The van der Waals surface area contributed by atoms with E-state index in [0.29, 0.717) is 38.9 Å². The molecule has 5 rings (SSSR count). The number of nitrogens with one attached hydrogen (secondary N) is 2. The molecule has 43 heavy (non-hydrogen) atoms. The van der Waals surface area contributed by atoms with Crippen LogP contribution < -0.4 is 15.4 Å². The van der Waals surface area contributed by atoms with Gasteiger partial charge >= 0.3 is 5.97 Å². The molecule has 4 aromatic rings. The predicted molar refractivity (Wildman–Crippen MR) is 166 cm³/mol. The van der Waals surface area contributed by atoms with Crippen molar-refractivity contribution in [1.82, 2.24) is 20.1 Å². The van der Waals surface area contributed by atoms with Crippen LogP contribution in [0.15, 0.2) is 59.8 Å². The van der Waals surface area contributed by atoms with Gasteiger partial charge in [0, 0.05) is 9.90 Å². The van der Waals surface area contributed by atoms with E-state index in [2.05, 4.69) is 20.8 Å². The maximum atomic E-state index is 13.0. The fourth-order valence-electron chi connectivity index (χ4n) is 4.59. The number of ether oxygens (including phenoxy) is 2. The Kier molecular flexibility index (Phi) is 10.3. The normalized spacial score (nSPS) is 12.0. The van der Waals surface area contributed by atoms with Gasteiger partial charge in [-0.3, -0.25) is 9.59 Å². The fraction of sp³-hybridized carbons (Fsp3) is 0.300. The van der Waals surface area contributed by atoms with Gasteiger partial charge in [0.15, 0.2) is 17.6 Å². The molecule has 0 saturated heterocycles. The Morgan fingerprint density at radius 3 is 2.60 bits per heavy atom. The Morgan fingerprint density at radius 2 is 1.84 bits per heavy atom. The van der Waals surface area contributed by atoms with Crippen molar-refractivity contribution < 1.29 is 23.9 Å². The van der Waals surface area contributed by atoms with E-state index < -0.39 is 5.97 Å². The zero-order valence-corrected chi connectivity index (χ0v) is 25.8. The number of thiophene rings is 1. The Balaban J connectivity index is 1.23. The summed E-state index contributed by atoms with van der Waals surface area (Å²) in [5.74, 6) is 0.129. The maximum Gasteiger partial charge on any atom is 0.341 e. The molecule has 0 unspecified atom stereocenters. The van der Waals surface area contributed by atoms with Crippen LogP contribution in [-0.4, -0.2) is 51.5 Å². The standard InChI is InChI=1S/C30H30ClN5O5S2/c1-2-40-29(39)27-22-9-6-10-23(22)43-28(27)33-26(38)18-42-30-35-34-24(36(30)16-19-7-4-3-5-8-19)15-32-25(37)17-41-21-13-11-20(31)12-14-21/h3-5,7-8,11-14H,2,6,9-10,15-18H2,1H3,(H,32,37)(H,33,38). The van der Waals surface area contributed by atoms with E-state index in [1.165, 1.54) is 23.1 Å². The van der Waals surface area contributed by atoms with Crippen LogP contribution in [0.25, 0.3) is 0 Å². The molecular formula is C30H30ClN5O5S2. The van der Waals surface area contributed by atoms with Gasteiger partial charge in [-0.25, -0.2) is 4.79 Å². The Hall–Kier alpha value is -3.87. The SMILES string of the molecule is CCOC(=O)c1c(NC(=O)CSc2nnc(CNC(=O)COc3ccc(Cl)cc3)n2Cc2ccccc2)sc2c1CCC2. The number of thioether (sulfide) groups is 1. The molecule has 0 bridgehead atoms. The minimum absolute atomic E-state index is 0.0546. The number of aromatic nitrogens is 3. The minimum atomic E-state index is -0.405. The van der Waals surface area contributed by atoms with Gasteiger partial charge in [0.05, 0.1) is 31.0 Å². The highest BCUT2D eigenvalue weighted by Crippen LogP contribution is 2.39. The third kappa shape index (κ3) is 7.95. The van der Waals surface area contributed by atoms with Crippen molar-refractivity contribution >= 4 is 57.5 Å². The summed E-state index contributed by atoms with van der Waals surface area (Å²) < 4.78 is 12.7. The first-order valence-corrected chi connectivity index (χ1v) is 15.9. The molecule has 1 aliphatic carbocycles. The van der Waals surface area contributed by atoms with Crippen molar-refractivity contribution in [2.24, 2.45) is 0 Å². The minimum Gasteiger partial charge on any atom is -0.484 e. The third-order valence-electron chi connectivity index (χ3n) is 6.59. The number of fused-ring (bicyclic) bond motifs is 1. The number of hydrogen-bond acceptors (Lipinski definition) is 9. The average Bonchev–Trinajstić information content (AvgIpc) is 3.70. The number of benzene rings is 2. The van der Waals surface area contributed by atoms with Crippen LogP contribution in [-0.2, 0) is 40.3 Å². The van der Waals surface area contributed by atoms with E-state index >= 15 is 0 Å². The van der Waals surface area contributed by atoms with Crippen molar-refractivity contribution in [2.45, 2.75) is 44.4 Å². The summed E-state index contributed by atoms with van der Waals surface area (Å²) in [6.45, 7) is 2.44. The molecule has 2 heterocycles. The summed E-state index contributed by atoms with van der Waals surface area (Å²) in [7, 11) is 0. The lowest BCUT2D eigenvalue weighted by molar-refractivity contribution is -0.123. The number of hydrogen-bond donors (Lipinski definition) is 2. The van der Waals surface area contributed by atoms with Crippen LogP contribution in [0.4, 0.5) is 5.00 Å². The monoisotopic (exact) mass is 639 g/mol. The smallest absolute Gasteiger partial charge is 0.341 e. The second-order valence-corrected chi connectivity index (χ2v) is 12.1. The third-order valence-corrected chi connectivity index (χ3v) is 9.02. The lowest BCUT2D eigenvalue weighted by Crippen LogP contribution is -2.29. The van der Waals surface area contributed by atoms with Gasteiger partial charge in [-0.1, -0.05) is 53.7 Å². The number of anilines is 1. The van der Waals surface area contributed by atoms with Crippen LogP contribution in [0.2, 0.25) is 5.02 Å². The molecule has 2 aromatic heterocycles. The summed E-state index contributed by atoms with van der Waals surface area (Å²) in [6, 6.07) is 16.5. The molecule has 10 nitrogen and oxygen atoms in total. The predicted octanol–water partition coefficient (Wildman–Crippen LogP) is 5.13. The second-order valence-electron chi connectivity index (χ2n) is 9.61. The van der Waals surface area contributed by atoms with Crippen LogP contribution in [0.1, 0.15) is 45.5 Å². The fourth-order valence-corrected chi connectivity index (χ4v) is 6.77. The summed E-state index contributed by atoms with van der Waals surface area (Å²) in [4.78, 5) is 39.3. The van der Waals surface area contributed by atoms with Gasteiger partial charge in [0.1, 0.15) is 10.8 Å². The van der Waals surface area contributed by atoms with Crippen molar-refractivity contribution in [3.8, 4) is 5.75 Å². The molecule has 0 aliphatic heterocycles. The van der Waals surface area contributed by atoms with Crippen LogP contribution >= 0.6 is 34.7 Å². The number of esters is 1. The van der Waals surface area contributed by atoms with E-state index in [9.17, 15) is 14.4 Å². The van der Waals surface area contributed by atoms with Gasteiger partial charge in [-0.05, 0) is 61.6 Å². The largest absolute Gasteiger partial charge is 0.484 e. The molecule has 13 heteroatoms. The number of rotatable bonds is 13. The molecule has 0 radical (unpaired) electrons. The molecule has 0 atom stereocenters. The van der Waals surface area contributed by atoms with E-state index in [1.807, 2.05) is 34.9 Å². The molecule has 1 aliphatic rings. The van der Waals surface area contributed by atoms with E-state index in [1.54, 1.807) is 31.2 Å². The summed E-state index contributed by atoms with van der Waals surface area (Å²) in [5.41, 5.74) is 2.47. The molecule has 0 fully saturated rings. The average molecular weight is 640 g/mol. The maximum absolute atomic E-state index is 13.0. The number of carbonyl (C=O) groups excluding carboxylic acids is 3. The quantitative estimate of drug-likeness (QED) is 0.152. The van der Waals surface area contributed by atoms with Gasteiger partial charge in [0.2, 0.25) is 5.91 Å². The first-order valence-electron chi connectivity index (χ1n) is 13.8. The summed E-state index contributed by atoms with van der Waals surface area (Å²) in [5, 5.41) is 16.0. The van der Waals surface area contributed by atoms with E-state index in [4.69, 9.17) is 21.1 Å². The van der Waals surface area contributed by atoms with Crippen molar-refractivity contribution in [3.05, 3.63) is 87.0 Å².